The molecule has 22 heavy (non-hydrogen) atoms. The standard InChI is InChI=1S/C13H13N3O4S2/c17-12-11(15-18)9-3-1-2-4-10(9)16(12)13(21)14-8-5-6-22(19,20)7-8/h1-4,8,17H,5-7H2,(H,14,21). The van der Waals surface area contributed by atoms with Crippen LogP contribution in [0.2, 0.25) is 0 Å². The van der Waals surface area contributed by atoms with Crippen LogP contribution in [0, 0.1) is 4.91 Å². The Balaban J connectivity index is 1.98. The molecule has 0 aliphatic carbocycles. The molecule has 1 unspecified atom stereocenters. The minimum Gasteiger partial charge on any atom is -0.493 e. The van der Waals surface area contributed by atoms with Gasteiger partial charge in [-0.2, -0.15) is 0 Å². The first-order chi connectivity index (χ1) is 10.4. The lowest BCUT2D eigenvalue weighted by atomic mass is 10.2. The molecule has 1 aliphatic rings. The van der Waals surface area contributed by atoms with Gasteiger partial charge in [-0.05, 0) is 29.9 Å². The first kappa shape index (κ1) is 14.9. The molecule has 0 bridgehead atoms. The van der Waals surface area contributed by atoms with Gasteiger partial charge in [-0.25, -0.2) is 8.42 Å². The van der Waals surface area contributed by atoms with Crippen LogP contribution in [-0.2, 0) is 9.84 Å². The molecule has 0 amide bonds. The Labute approximate surface area is 131 Å². The predicted octanol–water partition coefficient (Wildman–Crippen LogP) is 1.65. The van der Waals surface area contributed by atoms with E-state index in [9.17, 15) is 18.4 Å². The van der Waals surface area contributed by atoms with E-state index < -0.39 is 9.84 Å². The quantitative estimate of drug-likeness (QED) is 0.637. The molecule has 2 heterocycles. The number of nitrogens with zero attached hydrogens (tertiary/aromatic N) is 2. The largest absolute Gasteiger partial charge is 0.493 e. The first-order valence-electron chi connectivity index (χ1n) is 6.60. The van der Waals surface area contributed by atoms with Gasteiger partial charge >= 0.3 is 0 Å². The lowest BCUT2D eigenvalue weighted by molar-refractivity contribution is 0.449. The maximum Gasteiger partial charge on any atom is 0.229 e. The van der Waals surface area contributed by atoms with Crippen LogP contribution in [0.25, 0.3) is 10.9 Å². The number of rotatable bonds is 2. The van der Waals surface area contributed by atoms with Gasteiger partial charge in [-0.15, -0.1) is 4.91 Å². The highest BCUT2D eigenvalue weighted by atomic mass is 32.2. The summed E-state index contributed by atoms with van der Waals surface area (Å²) in [5.74, 6) is -0.229. The van der Waals surface area contributed by atoms with E-state index in [1.54, 1.807) is 24.3 Å². The summed E-state index contributed by atoms with van der Waals surface area (Å²) in [6, 6.07) is 6.52. The van der Waals surface area contributed by atoms with Gasteiger partial charge in [0.05, 0.1) is 17.0 Å². The predicted molar refractivity (Wildman–Crippen MR) is 87.2 cm³/mol. The maximum atomic E-state index is 11.5. The molecule has 1 atom stereocenters. The zero-order valence-electron chi connectivity index (χ0n) is 11.4. The fourth-order valence-corrected chi connectivity index (χ4v) is 4.68. The first-order valence-corrected chi connectivity index (χ1v) is 8.83. The summed E-state index contributed by atoms with van der Waals surface area (Å²) in [6.45, 7) is 0. The average molecular weight is 339 g/mol. The Morgan fingerprint density at radius 2 is 2.14 bits per heavy atom. The molecule has 1 aliphatic heterocycles. The number of aromatic hydroxyl groups is 1. The number of hydrogen-bond donors (Lipinski definition) is 2. The van der Waals surface area contributed by atoms with Gasteiger partial charge < -0.3 is 10.4 Å². The van der Waals surface area contributed by atoms with E-state index in [0.29, 0.717) is 17.3 Å². The van der Waals surface area contributed by atoms with Crippen LogP contribution >= 0.6 is 12.2 Å². The van der Waals surface area contributed by atoms with E-state index in [0.717, 1.165) is 0 Å². The third-order valence-electron chi connectivity index (χ3n) is 3.68. The molecule has 1 aromatic heterocycles. The Morgan fingerprint density at radius 1 is 1.41 bits per heavy atom. The third kappa shape index (κ3) is 2.46. The summed E-state index contributed by atoms with van der Waals surface area (Å²) < 4.78 is 24.3. The van der Waals surface area contributed by atoms with Crippen LogP contribution in [0.4, 0.5) is 5.69 Å². The topological polar surface area (TPSA) is 101 Å². The number of thiocarbonyl (C=S) groups is 1. The molecule has 7 nitrogen and oxygen atoms in total. The molecule has 116 valence electrons. The molecule has 3 rings (SSSR count). The number of nitroso groups, excluding NO2 is 1. The number of hydrogen-bond acceptors (Lipinski definition) is 6. The summed E-state index contributed by atoms with van der Waals surface area (Å²) >= 11 is 5.26. The lowest BCUT2D eigenvalue weighted by Gasteiger charge is -2.15. The van der Waals surface area contributed by atoms with E-state index in [1.165, 1.54) is 4.57 Å². The van der Waals surface area contributed by atoms with Crippen molar-refractivity contribution in [2.24, 2.45) is 5.18 Å². The summed E-state index contributed by atoms with van der Waals surface area (Å²) in [5.41, 5.74) is 0.451. The second-order valence-electron chi connectivity index (χ2n) is 5.17. The molecule has 2 aromatic rings. The SMILES string of the molecule is O=Nc1c(O)n(C(=S)NC2CCS(=O)(=O)C2)c2ccccc12. The Bertz CT molecular complexity index is 873. The van der Waals surface area contributed by atoms with Crippen LogP contribution in [0.15, 0.2) is 29.4 Å². The van der Waals surface area contributed by atoms with Gasteiger partial charge in [0.15, 0.2) is 20.6 Å². The van der Waals surface area contributed by atoms with Crippen molar-refractivity contribution >= 4 is 43.8 Å². The fraction of sp³-hybridized carbons (Fsp3) is 0.308. The number of nitrogens with one attached hydrogen (secondary N) is 1. The van der Waals surface area contributed by atoms with Crippen LogP contribution < -0.4 is 5.32 Å². The minimum atomic E-state index is -3.04. The monoisotopic (exact) mass is 339 g/mol. The molecule has 1 fully saturated rings. The van der Waals surface area contributed by atoms with Gasteiger partial charge in [-0.3, -0.25) is 4.57 Å². The zero-order valence-corrected chi connectivity index (χ0v) is 13.0. The fourth-order valence-electron chi connectivity index (χ4n) is 2.65. The number of sulfone groups is 1. The van der Waals surface area contributed by atoms with Crippen molar-refractivity contribution in [2.75, 3.05) is 11.5 Å². The van der Waals surface area contributed by atoms with Crippen LogP contribution in [0.5, 0.6) is 5.88 Å². The van der Waals surface area contributed by atoms with Crippen molar-refractivity contribution in [1.29, 1.82) is 0 Å². The molecule has 2 N–H and O–H groups in total. The van der Waals surface area contributed by atoms with Crippen molar-refractivity contribution < 1.29 is 13.5 Å². The van der Waals surface area contributed by atoms with E-state index in [2.05, 4.69) is 10.5 Å². The van der Waals surface area contributed by atoms with Crippen molar-refractivity contribution in [3.05, 3.63) is 29.2 Å². The summed E-state index contributed by atoms with van der Waals surface area (Å²) in [7, 11) is -3.04. The van der Waals surface area contributed by atoms with Gasteiger partial charge in [0, 0.05) is 11.4 Å². The van der Waals surface area contributed by atoms with Crippen molar-refractivity contribution in [3.63, 3.8) is 0 Å². The molecule has 1 saturated heterocycles. The highest BCUT2D eigenvalue weighted by molar-refractivity contribution is 7.91. The second kappa shape index (κ2) is 5.33. The zero-order chi connectivity index (χ0) is 15.9. The Kier molecular flexibility index (Phi) is 3.61. The van der Waals surface area contributed by atoms with Gasteiger partial charge in [-0.1, -0.05) is 18.2 Å². The minimum absolute atomic E-state index is 0.00584. The van der Waals surface area contributed by atoms with Crippen molar-refractivity contribution in [2.45, 2.75) is 12.5 Å². The highest BCUT2D eigenvalue weighted by Crippen LogP contribution is 2.38. The van der Waals surface area contributed by atoms with Crippen molar-refractivity contribution in [1.82, 2.24) is 9.88 Å². The van der Waals surface area contributed by atoms with E-state index in [-0.39, 0.29) is 34.2 Å². The molecule has 0 saturated carbocycles. The smallest absolute Gasteiger partial charge is 0.229 e. The molecular weight excluding hydrogens is 326 g/mol. The Morgan fingerprint density at radius 3 is 2.77 bits per heavy atom. The summed E-state index contributed by atoms with van der Waals surface area (Å²) in [6.07, 6.45) is 0.460. The highest BCUT2D eigenvalue weighted by Gasteiger charge is 2.29. The number of para-hydroxylation sites is 1. The summed E-state index contributed by atoms with van der Waals surface area (Å²) in [4.78, 5) is 10.9. The van der Waals surface area contributed by atoms with Gasteiger partial charge in [0.1, 0.15) is 0 Å². The lowest BCUT2D eigenvalue weighted by Crippen LogP contribution is -2.38. The number of aromatic nitrogens is 1. The van der Waals surface area contributed by atoms with Crippen LogP contribution in [0.1, 0.15) is 6.42 Å². The molecule has 0 spiro atoms. The van der Waals surface area contributed by atoms with Crippen LogP contribution in [-0.4, -0.2) is 40.8 Å². The number of fused-ring (bicyclic) bond motifs is 1. The normalized spacial score (nSPS) is 20.1. The van der Waals surface area contributed by atoms with Gasteiger partial charge in [0.25, 0.3) is 0 Å². The van der Waals surface area contributed by atoms with Gasteiger partial charge in [0.2, 0.25) is 5.88 Å². The number of benzene rings is 1. The van der Waals surface area contributed by atoms with Crippen LogP contribution in [0.3, 0.4) is 0 Å². The molecular formula is C13H13N3O4S2. The third-order valence-corrected chi connectivity index (χ3v) is 5.75. The molecule has 0 radical (unpaired) electrons. The Hall–Kier alpha value is -2.00. The maximum absolute atomic E-state index is 11.5. The molecule has 1 aromatic carbocycles. The van der Waals surface area contributed by atoms with E-state index in [4.69, 9.17) is 12.2 Å². The average Bonchev–Trinajstić information content (AvgIpc) is 2.94. The van der Waals surface area contributed by atoms with Crippen molar-refractivity contribution in [3.8, 4) is 5.88 Å². The second-order valence-corrected chi connectivity index (χ2v) is 7.78. The van der Waals surface area contributed by atoms with E-state index >= 15 is 0 Å². The summed E-state index contributed by atoms with van der Waals surface area (Å²) in [5, 5.41) is 16.6. The van der Waals surface area contributed by atoms with E-state index in [1.807, 2.05) is 0 Å². The molecule has 9 heteroatoms.